The predicted octanol–water partition coefficient (Wildman–Crippen LogP) is 2.55. The second-order valence-electron chi connectivity index (χ2n) is 3.35. The fourth-order valence-electron chi connectivity index (χ4n) is 1.28. The molecule has 0 saturated heterocycles. The van der Waals surface area contributed by atoms with E-state index < -0.39 is 5.91 Å². The third-order valence-corrected chi connectivity index (χ3v) is 2.94. The average Bonchev–Trinajstić information content (AvgIpc) is 2.38. The number of hydrogen-bond donors (Lipinski definition) is 1. The van der Waals surface area contributed by atoms with E-state index in [9.17, 15) is 4.79 Å². The highest BCUT2D eigenvalue weighted by atomic mass is 79.9. The third-order valence-electron chi connectivity index (χ3n) is 2.11. The van der Waals surface area contributed by atoms with E-state index >= 15 is 0 Å². The van der Waals surface area contributed by atoms with Gasteiger partial charge in [-0.05, 0) is 28.1 Å². The zero-order valence-corrected chi connectivity index (χ0v) is 12.1. The van der Waals surface area contributed by atoms with Gasteiger partial charge in [0.1, 0.15) is 9.76 Å². The van der Waals surface area contributed by atoms with E-state index in [1.54, 1.807) is 18.3 Å². The zero-order valence-electron chi connectivity index (χ0n) is 9.72. The fourth-order valence-corrected chi connectivity index (χ4v) is 1.89. The minimum absolute atomic E-state index is 0.0603. The molecule has 2 aromatic heterocycles. The fraction of sp³-hybridized carbons (Fsp3) is 0.0909. The number of ether oxygens (including phenoxy) is 1. The van der Waals surface area contributed by atoms with E-state index in [1.165, 1.54) is 13.2 Å². The standard InChI is InChI=1S/C11H8BrClN4O2/c1-19-8-5-7(13)15-11(16-8)17-10(18)6-3-2-4-14-9(6)12/h2-5H,1H3,(H,15,16,17,18). The summed E-state index contributed by atoms with van der Waals surface area (Å²) in [5, 5.41) is 2.69. The lowest BCUT2D eigenvalue weighted by molar-refractivity contribution is 0.102. The van der Waals surface area contributed by atoms with Crippen LogP contribution in [0.3, 0.4) is 0 Å². The molecule has 0 spiro atoms. The number of methoxy groups -OCH3 is 1. The van der Waals surface area contributed by atoms with Crippen molar-refractivity contribution in [1.82, 2.24) is 15.0 Å². The molecule has 1 N–H and O–H groups in total. The molecule has 0 atom stereocenters. The number of rotatable bonds is 3. The van der Waals surface area contributed by atoms with Gasteiger partial charge < -0.3 is 4.74 Å². The number of amides is 1. The maximum Gasteiger partial charge on any atom is 0.260 e. The molecule has 2 rings (SSSR count). The number of carbonyl (C=O) groups is 1. The molecular weight excluding hydrogens is 336 g/mol. The Morgan fingerprint density at radius 1 is 1.47 bits per heavy atom. The Morgan fingerprint density at radius 3 is 2.95 bits per heavy atom. The van der Waals surface area contributed by atoms with Gasteiger partial charge in [-0.3, -0.25) is 10.1 Å². The van der Waals surface area contributed by atoms with Gasteiger partial charge in [0, 0.05) is 12.3 Å². The van der Waals surface area contributed by atoms with Gasteiger partial charge in [-0.1, -0.05) is 11.6 Å². The molecule has 6 nitrogen and oxygen atoms in total. The van der Waals surface area contributed by atoms with Crippen LogP contribution < -0.4 is 10.1 Å². The van der Waals surface area contributed by atoms with Gasteiger partial charge >= 0.3 is 0 Å². The second-order valence-corrected chi connectivity index (χ2v) is 4.49. The highest BCUT2D eigenvalue weighted by molar-refractivity contribution is 9.10. The predicted molar refractivity (Wildman–Crippen MR) is 73.5 cm³/mol. The van der Waals surface area contributed by atoms with Gasteiger partial charge in [-0.25, -0.2) is 9.97 Å². The molecule has 0 aliphatic carbocycles. The van der Waals surface area contributed by atoms with Crippen LogP contribution in [0.15, 0.2) is 29.0 Å². The van der Waals surface area contributed by atoms with E-state index in [2.05, 4.69) is 36.2 Å². The van der Waals surface area contributed by atoms with E-state index in [0.717, 1.165) is 0 Å². The molecule has 2 aromatic rings. The van der Waals surface area contributed by atoms with Crippen LogP contribution in [0.2, 0.25) is 5.15 Å². The Labute approximate surface area is 122 Å². The maximum atomic E-state index is 12.0. The number of halogens is 2. The van der Waals surface area contributed by atoms with Crippen molar-refractivity contribution >= 4 is 39.4 Å². The second kappa shape index (κ2) is 5.94. The highest BCUT2D eigenvalue weighted by Gasteiger charge is 2.13. The number of carbonyl (C=O) groups excluding carboxylic acids is 1. The summed E-state index contributed by atoms with van der Waals surface area (Å²) in [6.07, 6.45) is 1.57. The molecule has 2 heterocycles. The van der Waals surface area contributed by atoms with Crippen molar-refractivity contribution in [2.24, 2.45) is 0 Å². The molecule has 0 saturated carbocycles. The third kappa shape index (κ3) is 3.39. The van der Waals surface area contributed by atoms with Crippen molar-refractivity contribution in [3.05, 3.63) is 39.7 Å². The molecule has 98 valence electrons. The first kappa shape index (κ1) is 13.7. The number of nitrogens with zero attached hydrogens (tertiary/aromatic N) is 3. The average molecular weight is 344 g/mol. The summed E-state index contributed by atoms with van der Waals surface area (Å²) in [5.41, 5.74) is 0.366. The molecule has 0 bridgehead atoms. The lowest BCUT2D eigenvalue weighted by Crippen LogP contribution is -2.15. The molecule has 0 unspecified atom stereocenters. The number of nitrogens with one attached hydrogen (secondary N) is 1. The maximum absolute atomic E-state index is 12.0. The summed E-state index contributed by atoms with van der Waals surface area (Å²) in [4.78, 5) is 23.8. The minimum atomic E-state index is -0.399. The summed E-state index contributed by atoms with van der Waals surface area (Å²) in [6, 6.07) is 4.71. The van der Waals surface area contributed by atoms with Crippen molar-refractivity contribution in [1.29, 1.82) is 0 Å². The number of aromatic nitrogens is 3. The lowest BCUT2D eigenvalue weighted by atomic mass is 10.3. The molecule has 0 fully saturated rings. The highest BCUT2D eigenvalue weighted by Crippen LogP contribution is 2.18. The monoisotopic (exact) mass is 342 g/mol. The Kier molecular flexibility index (Phi) is 4.28. The van der Waals surface area contributed by atoms with Gasteiger partial charge in [0.15, 0.2) is 0 Å². The van der Waals surface area contributed by atoms with Gasteiger partial charge in [0.2, 0.25) is 11.8 Å². The number of hydrogen-bond acceptors (Lipinski definition) is 5. The SMILES string of the molecule is COc1cc(Cl)nc(NC(=O)c2cccnc2Br)n1. The van der Waals surface area contributed by atoms with Crippen LogP contribution in [0, 0.1) is 0 Å². The summed E-state index contributed by atoms with van der Waals surface area (Å²) in [5.74, 6) is -0.0741. The first-order chi connectivity index (χ1) is 9.10. The molecule has 19 heavy (non-hydrogen) atoms. The van der Waals surface area contributed by atoms with Crippen molar-refractivity contribution in [2.75, 3.05) is 12.4 Å². The van der Waals surface area contributed by atoms with Gasteiger partial charge in [-0.15, -0.1) is 0 Å². The first-order valence-corrected chi connectivity index (χ1v) is 6.27. The van der Waals surface area contributed by atoms with Crippen LogP contribution in [0.5, 0.6) is 5.88 Å². The van der Waals surface area contributed by atoms with Crippen LogP contribution in [0.25, 0.3) is 0 Å². The first-order valence-electron chi connectivity index (χ1n) is 5.10. The Balaban J connectivity index is 2.24. The molecule has 0 radical (unpaired) electrons. The van der Waals surface area contributed by atoms with E-state index in [4.69, 9.17) is 16.3 Å². The summed E-state index contributed by atoms with van der Waals surface area (Å²) < 4.78 is 5.37. The quantitative estimate of drug-likeness (QED) is 0.684. The van der Waals surface area contributed by atoms with Crippen LogP contribution in [-0.4, -0.2) is 28.0 Å². The van der Waals surface area contributed by atoms with Gasteiger partial charge in [0.05, 0.1) is 12.7 Å². The minimum Gasteiger partial charge on any atom is -0.481 e. The lowest BCUT2D eigenvalue weighted by Gasteiger charge is -2.06. The van der Waals surface area contributed by atoms with Crippen molar-refractivity contribution < 1.29 is 9.53 Å². The van der Waals surface area contributed by atoms with Gasteiger partial charge in [0.25, 0.3) is 5.91 Å². The Morgan fingerprint density at radius 2 is 2.26 bits per heavy atom. The van der Waals surface area contributed by atoms with E-state index in [1.807, 2.05) is 0 Å². The summed E-state index contributed by atoms with van der Waals surface area (Å²) in [7, 11) is 1.45. The molecule has 0 aromatic carbocycles. The van der Waals surface area contributed by atoms with Crippen LogP contribution in [-0.2, 0) is 0 Å². The van der Waals surface area contributed by atoms with Crippen molar-refractivity contribution in [3.8, 4) is 5.88 Å². The van der Waals surface area contributed by atoms with Gasteiger partial charge in [-0.2, -0.15) is 4.98 Å². The molecule has 1 amide bonds. The van der Waals surface area contributed by atoms with E-state index in [0.29, 0.717) is 10.2 Å². The smallest absolute Gasteiger partial charge is 0.260 e. The largest absolute Gasteiger partial charge is 0.481 e. The van der Waals surface area contributed by atoms with Crippen LogP contribution in [0.4, 0.5) is 5.95 Å². The normalized spacial score (nSPS) is 10.1. The molecular formula is C11H8BrClN4O2. The Hall–Kier alpha value is -1.73. The Bertz CT molecular complexity index is 623. The van der Waals surface area contributed by atoms with E-state index in [-0.39, 0.29) is 17.0 Å². The summed E-state index contributed by atoms with van der Waals surface area (Å²) in [6.45, 7) is 0. The van der Waals surface area contributed by atoms with Crippen molar-refractivity contribution in [3.63, 3.8) is 0 Å². The zero-order chi connectivity index (χ0) is 13.8. The topological polar surface area (TPSA) is 77.0 Å². The molecule has 0 aliphatic heterocycles. The molecule has 8 heteroatoms. The number of anilines is 1. The van der Waals surface area contributed by atoms with Crippen molar-refractivity contribution in [2.45, 2.75) is 0 Å². The summed E-state index contributed by atoms with van der Waals surface area (Å²) >= 11 is 8.97. The number of pyridine rings is 1. The van der Waals surface area contributed by atoms with Crippen LogP contribution in [0.1, 0.15) is 10.4 Å². The molecule has 0 aliphatic rings. The van der Waals surface area contributed by atoms with Crippen LogP contribution >= 0.6 is 27.5 Å².